The van der Waals surface area contributed by atoms with Gasteiger partial charge < -0.3 is 4.74 Å². The van der Waals surface area contributed by atoms with Gasteiger partial charge in [-0.3, -0.25) is 14.4 Å². The molecule has 0 fully saturated rings. The van der Waals surface area contributed by atoms with Gasteiger partial charge in [0.2, 0.25) is 0 Å². The fraction of sp³-hybridized carbons (Fsp3) is 0.325. The summed E-state index contributed by atoms with van der Waals surface area (Å²) in [4.78, 5) is 43.8. The Balaban J connectivity index is 1.29. The van der Waals surface area contributed by atoms with Gasteiger partial charge in [-0.2, -0.15) is 0 Å². The molecule has 0 aromatic heterocycles. The Labute approximate surface area is 281 Å². The maximum absolute atomic E-state index is 14.0. The SMILES string of the molecule is CCCCCCCCc1ccc(Sc2cccc3c2C(=O)c2cccc(Sc4ccc(OC(=O)C(CC)CC)cc4)c2C3=O)cc1. The lowest BCUT2D eigenvalue weighted by molar-refractivity contribution is -0.139. The number of hydrogen-bond acceptors (Lipinski definition) is 6. The van der Waals surface area contributed by atoms with E-state index in [1.54, 1.807) is 24.3 Å². The van der Waals surface area contributed by atoms with E-state index in [-0.39, 0.29) is 23.5 Å². The van der Waals surface area contributed by atoms with Crippen molar-refractivity contribution in [3.8, 4) is 5.75 Å². The zero-order valence-corrected chi connectivity index (χ0v) is 28.6. The molecule has 0 aliphatic heterocycles. The maximum Gasteiger partial charge on any atom is 0.314 e. The molecule has 0 spiro atoms. The Morgan fingerprint density at radius 3 is 1.65 bits per heavy atom. The summed E-state index contributed by atoms with van der Waals surface area (Å²) in [5.74, 6) is -0.105. The molecular formula is C40H42O4S2. The number of carbonyl (C=O) groups excluding carboxylic acids is 3. The smallest absolute Gasteiger partial charge is 0.314 e. The Morgan fingerprint density at radius 1 is 0.630 bits per heavy atom. The van der Waals surface area contributed by atoms with Gasteiger partial charge in [0.15, 0.2) is 11.6 Å². The summed E-state index contributed by atoms with van der Waals surface area (Å²) in [7, 11) is 0. The van der Waals surface area contributed by atoms with Crippen molar-refractivity contribution in [2.24, 2.45) is 5.92 Å². The molecule has 0 bridgehead atoms. The monoisotopic (exact) mass is 650 g/mol. The van der Waals surface area contributed by atoms with Crippen LogP contribution in [-0.4, -0.2) is 17.5 Å². The summed E-state index contributed by atoms with van der Waals surface area (Å²) in [6.07, 6.45) is 10.3. The average molecular weight is 651 g/mol. The molecule has 0 heterocycles. The molecule has 0 unspecified atom stereocenters. The van der Waals surface area contributed by atoms with Crippen molar-refractivity contribution in [3.63, 3.8) is 0 Å². The average Bonchev–Trinajstić information content (AvgIpc) is 3.07. The highest BCUT2D eigenvalue weighted by Gasteiger charge is 2.33. The Hall–Kier alpha value is -3.61. The van der Waals surface area contributed by atoms with Crippen molar-refractivity contribution in [2.45, 2.75) is 98.1 Å². The minimum atomic E-state index is -0.219. The van der Waals surface area contributed by atoms with Crippen LogP contribution in [-0.2, 0) is 11.2 Å². The van der Waals surface area contributed by atoms with E-state index in [9.17, 15) is 14.4 Å². The van der Waals surface area contributed by atoms with Crippen LogP contribution in [0.3, 0.4) is 0 Å². The van der Waals surface area contributed by atoms with Crippen LogP contribution in [0.4, 0.5) is 0 Å². The number of esters is 1. The molecule has 4 aromatic rings. The topological polar surface area (TPSA) is 60.4 Å². The van der Waals surface area contributed by atoms with E-state index in [4.69, 9.17) is 4.74 Å². The summed E-state index contributed by atoms with van der Waals surface area (Å²) in [6.45, 7) is 6.21. The molecule has 0 N–H and O–H groups in total. The van der Waals surface area contributed by atoms with Crippen LogP contribution in [0.5, 0.6) is 5.75 Å². The van der Waals surface area contributed by atoms with E-state index in [2.05, 4.69) is 31.2 Å². The van der Waals surface area contributed by atoms with E-state index >= 15 is 0 Å². The molecule has 4 aromatic carbocycles. The van der Waals surface area contributed by atoms with E-state index < -0.39 is 0 Å². The van der Waals surface area contributed by atoms with E-state index in [0.29, 0.717) is 28.0 Å². The Bertz CT molecular complexity index is 1670. The number of hydrogen-bond donors (Lipinski definition) is 0. The zero-order valence-electron chi connectivity index (χ0n) is 27.0. The predicted octanol–water partition coefficient (Wildman–Crippen LogP) is 11.0. The van der Waals surface area contributed by atoms with Gasteiger partial charge in [-0.15, -0.1) is 0 Å². The van der Waals surface area contributed by atoms with Gasteiger partial charge in [0.1, 0.15) is 5.75 Å². The predicted molar refractivity (Wildman–Crippen MR) is 188 cm³/mol. The number of ketones is 2. The van der Waals surface area contributed by atoms with Gasteiger partial charge in [0, 0.05) is 41.8 Å². The van der Waals surface area contributed by atoms with Crippen LogP contribution in [0.2, 0.25) is 0 Å². The van der Waals surface area contributed by atoms with Gasteiger partial charge in [-0.1, -0.05) is 113 Å². The highest BCUT2D eigenvalue weighted by atomic mass is 32.2. The number of ether oxygens (including phenoxy) is 1. The lowest BCUT2D eigenvalue weighted by Crippen LogP contribution is -2.22. The lowest BCUT2D eigenvalue weighted by atomic mass is 9.84. The van der Waals surface area contributed by atoms with E-state index in [1.807, 2.05) is 50.2 Å². The minimum absolute atomic E-state index is 0.115. The van der Waals surface area contributed by atoms with Crippen molar-refractivity contribution < 1.29 is 19.1 Å². The van der Waals surface area contributed by atoms with Crippen LogP contribution < -0.4 is 4.74 Å². The first kappa shape index (κ1) is 33.7. The Kier molecular flexibility index (Phi) is 11.9. The van der Waals surface area contributed by atoms with E-state index in [1.165, 1.54) is 67.6 Å². The fourth-order valence-corrected chi connectivity index (χ4v) is 7.79. The summed E-state index contributed by atoms with van der Waals surface area (Å²) < 4.78 is 5.57. The molecule has 238 valence electrons. The fourth-order valence-electron chi connectivity index (χ4n) is 5.83. The molecule has 0 saturated heterocycles. The molecule has 46 heavy (non-hydrogen) atoms. The third-order valence-corrected chi connectivity index (χ3v) is 10.7. The molecule has 5 rings (SSSR count). The maximum atomic E-state index is 14.0. The molecule has 0 atom stereocenters. The molecule has 0 saturated carbocycles. The summed E-state index contributed by atoms with van der Waals surface area (Å²) in [6, 6.07) is 26.9. The molecule has 4 nitrogen and oxygen atoms in total. The molecular weight excluding hydrogens is 609 g/mol. The van der Waals surface area contributed by atoms with Gasteiger partial charge in [-0.25, -0.2) is 0 Å². The van der Waals surface area contributed by atoms with Crippen molar-refractivity contribution >= 4 is 41.1 Å². The number of unbranched alkanes of at least 4 members (excludes halogenated alkanes) is 5. The molecule has 0 radical (unpaired) electrons. The normalized spacial score (nSPS) is 12.3. The highest BCUT2D eigenvalue weighted by molar-refractivity contribution is 7.99. The lowest BCUT2D eigenvalue weighted by Gasteiger charge is -2.22. The zero-order chi connectivity index (χ0) is 32.5. The van der Waals surface area contributed by atoms with Crippen molar-refractivity contribution in [1.29, 1.82) is 0 Å². The van der Waals surface area contributed by atoms with Crippen LogP contribution in [0.15, 0.2) is 105 Å². The highest BCUT2D eigenvalue weighted by Crippen LogP contribution is 2.41. The second-order valence-electron chi connectivity index (χ2n) is 11.8. The first-order valence-electron chi connectivity index (χ1n) is 16.5. The van der Waals surface area contributed by atoms with Crippen molar-refractivity contribution in [1.82, 2.24) is 0 Å². The third kappa shape index (κ3) is 8.02. The number of benzene rings is 4. The number of rotatable bonds is 15. The number of aryl methyl sites for hydroxylation is 1. The van der Waals surface area contributed by atoms with E-state index in [0.717, 1.165) is 38.8 Å². The van der Waals surface area contributed by atoms with Gasteiger partial charge in [0.25, 0.3) is 0 Å². The van der Waals surface area contributed by atoms with Crippen LogP contribution in [0.25, 0.3) is 0 Å². The Morgan fingerprint density at radius 2 is 1.13 bits per heavy atom. The van der Waals surface area contributed by atoms with Gasteiger partial charge in [-0.05, 0) is 79.8 Å². The van der Waals surface area contributed by atoms with Crippen molar-refractivity contribution in [3.05, 3.63) is 113 Å². The summed E-state index contributed by atoms with van der Waals surface area (Å²) in [5, 5.41) is 0. The van der Waals surface area contributed by atoms with Crippen LogP contribution in [0, 0.1) is 5.92 Å². The molecule has 6 heteroatoms. The van der Waals surface area contributed by atoms with Crippen LogP contribution >= 0.6 is 23.5 Å². The first-order chi connectivity index (χ1) is 22.4. The largest absolute Gasteiger partial charge is 0.426 e. The molecule has 1 aliphatic rings. The van der Waals surface area contributed by atoms with Gasteiger partial charge in [0.05, 0.1) is 5.92 Å². The quantitative estimate of drug-likeness (QED) is 0.0638. The van der Waals surface area contributed by atoms with Gasteiger partial charge >= 0.3 is 5.97 Å². The van der Waals surface area contributed by atoms with Crippen LogP contribution in [0.1, 0.15) is 110 Å². The minimum Gasteiger partial charge on any atom is -0.426 e. The first-order valence-corrected chi connectivity index (χ1v) is 18.2. The second-order valence-corrected chi connectivity index (χ2v) is 14.0. The summed E-state index contributed by atoms with van der Waals surface area (Å²) >= 11 is 2.96. The molecule has 1 aliphatic carbocycles. The second kappa shape index (κ2) is 16.3. The molecule has 0 amide bonds. The summed E-state index contributed by atoms with van der Waals surface area (Å²) in [5.41, 5.74) is 3.12. The van der Waals surface area contributed by atoms with Crippen molar-refractivity contribution in [2.75, 3.05) is 0 Å². The number of fused-ring (bicyclic) bond motifs is 2. The third-order valence-electron chi connectivity index (χ3n) is 8.55. The number of carbonyl (C=O) groups is 3. The standard InChI is InChI=1S/C40H42O4S2/c1-4-7-8-9-10-11-14-27-19-23-30(24-20-27)45-34-17-12-15-32-36(34)38(41)33-16-13-18-35(37(33)39(32)42)46-31-25-21-29(22-26-31)44-40(43)28(5-2)6-3/h12-13,15-26,28H,4-11,14H2,1-3H3.